The molecule has 2 aromatic rings. The Hall–Kier alpha value is -2.33. The van der Waals surface area contributed by atoms with Crippen molar-refractivity contribution in [1.82, 2.24) is 4.90 Å². The van der Waals surface area contributed by atoms with E-state index in [1.165, 1.54) is 12.0 Å². The number of amides is 1. The second-order valence-corrected chi connectivity index (χ2v) is 7.73. The highest BCUT2D eigenvalue weighted by molar-refractivity contribution is 5.95. The first-order chi connectivity index (χ1) is 13.2. The first-order valence-corrected chi connectivity index (χ1v) is 9.81. The number of hydrogen-bond acceptors (Lipinski definition) is 3. The number of carbonyl (C=O) groups is 1. The van der Waals surface area contributed by atoms with E-state index in [-0.39, 0.29) is 11.3 Å². The van der Waals surface area contributed by atoms with Crippen molar-refractivity contribution in [3.8, 4) is 5.75 Å². The average molecular weight is 365 g/mol. The first-order valence-electron chi connectivity index (χ1n) is 9.81. The summed E-state index contributed by atoms with van der Waals surface area (Å²) in [5.41, 5.74) is 2.92. The fourth-order valence-corrected chi connectivity index (χ4v) is 4.37. The summed E-state index contributed by atoms with van der Waals surface area (Å²) < 4.78 is 11.6. The van der Waals surface area contributed by atoms with E-state index < -0.39 is 0 Å². The highest BCUT2D eigenvalue weighted by Gasteiger charge is 2.41. The lowest BCUT2D eigenvalue weighted by atomic mass is 9.77. The molecule has 4 nitrogen and oxygen atoms in total. The predicted molar refractivity (Wildman–Crippen MR) is 105 cm³/mol. The van der Waals surface area contributed by atoms with Gasteiger partial charge in [0.2, 0.25) is 0 Å². The molecule has 2 aliphatic heterocycles. The molecule has 0 bridgehead atoms. The van der Waals surface area contributed by atoms with E-state index in [2.05, 4.69) is 30.3 Å². The molecule has 1 atom stereocenters. The largest absolute Gasteiger partial charge is 0.492 e. The summed E-state index contributed by atoms with van der Waals surface area (Å²) in [6.45, 7) is 2.89. The van der Waals surface area contributed by atoms with E-state index in [1.807, 2.05) is 23.1 Å². The molecule has 4 rings (SSSR count). The van der Waals surface area contributed by atoms with Crippen molar-refractivity contribution in [2.24, 2.45) is 0 Å². The van der Waals surface area contributed by atoms with Crippen LogP contribution in [0.5, 0.6) is 5.75 Å². The summed E-state index contributed by atoms with van der Waals surface area (Å²) >= 11 is 0. The molecule has 0 aliphatic carbocycles. The van der Waals surface area contributed by atoms with Gasteiger partial charge in [-0.25, -0.2) is 0 Å². The maximum atomic E-state index is 12.8. The molecule has 0 radical (unpaired) electrons. The number of piperidine rings is 1. The zero-order valence-electron chi connectivity index (χ0n) is 15.9. The van der Waals surface area contributed by atoms with Crippen LogP contribution in [0.4, 0.5) is 0 Å². The van der Waals surface area contributed by atoms with E-state index in [0.29, 0.717) is 13.2 Å². The Balaban J connectivity index is 1.61. The molecule has 2 aromatic carbocycles. The number of hydrogen-bond donors (Lipinski definition) is 0. The Labute approximate surface area is 161 Å². The number of carbonyl (C=O) groups excluding carboxylic acids is 1. The zero-order valence-corrected chi connectivity index (χ0v) is 15.9. The van der Waals surface area contributed by atoms with Gasteiger partial charge in [0.1, 0.15) is 12.4 Å². The van der Waals surface area contributed by atoms with Crippen LogP contribution in [-0.2, 0) is 16.6 Å². The van der Waals surface area contributed by atoms with Crippen molar-refractivity contribution in [3.05, 3.63) is 65.2 Å². The van der Waals surface area contributed by atoms with E-state index >= 15 is 0 Å². The topological polar surface area (TPSA) is 38.8 Å². The Morgan fingerprint density at radius 3 is 2.63 bits per heavy atom. The average Bonchev–Trinajstić information content (AvgIpc) is 3.07. The Bertz CT molecular complexity index is 799. The summed E-state index contributed by atoms with van der Waals surface area (Å²) in [6.07, 6.45) is 4.27. The lowest BCUT2D eigenvalue weighted by Gasteiger charge is -2.28. The van der Waals surface area contributed by atoms with Gasteiger partial charge in [0, 0.05) is 31.3 Å². The van der Waals surface area contributed by atoms with Gasteiger partial charge in [-0.05, 0) is 43.4 Å². The molecule has 2 aliphatic rings. The third kappa shape index (κ3) is 3.59. The van der Waals surface area contributed by atoms with Gasteiger partial charge in [-0.1, -0.05) is 36.4 Å². The molecule has 142 valence electrons. The summed E-state index contributed by atoms with van der Waals surface area (Å²) in [5.74, 6) is 0.944. The fourth-order valence-electron chi connectivity index (χ4n) is 4.37. The molecule has 4 heteroatoms. The molecule has 2 heterocycles. The predicted octanol–water partition coefficient (Wildman–Crippen LogP) is 3.83. The summed E-state index contributed by atoms with van der Waals surface area (Å²) in [5, 5.41) is 0. The number of methoxy groups -OCH3 is 1. The van der Waals surface area contributed by atoms with Crippen LogP contribution in [0, 0.1) is 0 Å². The Morgan fingerprint density at radius 2 is 1.89 bits per heavy atom. The van der Waals surface area contributed by atoms with Gasteiger partial charge >= 0.3 is 0 Å². The molecule has 0 N–H and O–H groups in total. The monoisotopic (exact) mass is 365 g/mol. The molecule has 27 heavy (non-hydrogen) atoms. The molecular weight excluding hydrogens is 338 g/mol. The normalized spacial score (nSPS) is 21.6. The Kier molecular flexibility index (Phi) is 5.17. The number of benzene rings is 2. The first kappa shape index (κ1) is 18.1. The molecule has 0 spiro atoms. The molecule has 1 saturated heterocycles. The number of rotatable bonds is 5. The van der Waals surface area contributed by atoms with Crippen molar-refractivity contribution in [2.75, 3.05) is 33.4 Å². The number of likely N-dealkylation sites (tertiary alicyclic amines) is 1. The SMILES string of the molecule is COCC1(Cc2ccccc2)COc2cc(C(=O)N3CCCCC3)ccc21. The van der Waals surface area contributed by atoms with Gasteiger partial charge in [0.15, 0.2) is 0 Å². The number of fused-ring (bicyclic) bond motifs is 1. The van der Waals surface area contributed by atoms with Gasteiger partial charge in [-0.2, -0.15) is 0 Å². The minimum atomic E-state index is -0.210. The third-order valence-electron chi connectivity index (χ3n) is 5.75. The summed E-state index contributed by atoms with van der Waals surface area (Å²) in [4.78, 5) is 14.8. The quantitative estimate of drug-likeness (QED) is 0.808. The van der Waals surface area contributed by atoms with Crippen LogP contribution < -0.4 is 4.74 Å². The standard InChI is InChI=1S/C23H27NO3/c1-26-16-23(15-18-8-4-2-5-9-18)17-27-21-14-19(10-11-20(21)23)22(25)24-12-6-3-7-13-24/h2,4-5,8-11,14H,3,6-7,12-13,15-17H2,1H3. The van der Waals surface area contributed by atoms with E-state index in [0.717, 1.165) is 49.2 Å². The van der Waals surface area contributed by atoms with Gasteiger partial charge < -0.3 is 14.4 Å². The second-order valence-electron chi connectivity index (χ2n) is 7.73. The molecular formula is C23H27NO3. The van der Waals surface area contributed by atoms with Crippen LogP contribution in [0.1, 0.15) is 40.7 Å². The second kappa shape index (κ2) is 7.73. The van der Waals surface area contributed by atoms with Crippen LogP contribution >= 0.6 is 0 Å². The zero-order chi connectivity index (χ0) is 18.7. The molecule has 0 saturated carbocycles. The van der Waals surface area contributed by atoms with Crippen LogP contribution in [0.3, 0.4) is 0 Å². The fraction of sp³-hybridized carbons (Fsp3) is 0.435. The van der Waals surface area contributed by atoms with Gasteiger partial charge in [0.25, 0.3) is 5.91 Å². The van der Waals surface area contributed by atoms with Crippen molar-refractivity contribution in [3.63, 3.8) is 0 Å². The molecule has 1 amide bonds. The van der Waals surface area contributed by atoms with Crippen molar-refractivity contribution in [2.45, 2.75) is 31.1 Å². The van der Waals surface area contributed by atoms with Crippen LogP contribution in [0.2, 0.25) is 0 Å². The van der Waals surface area contributed by atoms with Crippen molar-refractivity contribution < 1.29 is 14.3 Å². The van der Waals surface area contributed by atoms with Gasteiger partial charge in [-0.3, -0.25) is 4.79 Å². The van der Waals surface area contributed by atoms with Crippen molar-refractivity contribution in [1.29, 1.82) is 0 Å². The summed E-state index contributed by atoms with van der Waals surface area (Å²) in [6, 6.07) is 16.4. The van der Waals surface area contributed by atoms with Crippen molar-refractivity contribution >= 4 is 5.91 Å². The molecule has 1 fully saturated rings. The maximum Gasteiger partial charge on any atom is 0.253 e. The van der Waals surface area contributed by atoms with Gasteiger partial charge in [-0.15, -0.1) is 0 Å². The smallest absolute Gasteiger partial charge is 0.253 e. The minimum absolute atomic E-state index is 0.119. The minimum Gasteiger partial charge on any atom is -0.492 e. The van der Waals surface area contributed by atoms with E-state index in [1.54, 1.807) is 7.11 Å². The van der Waals surface area contributed by atoms with Gasteiger partial charge in [0.05, 0.1) is 12.0 Å². The van der Waals surface area contributed by atoms with E-state index in [4.69, 9.17) is 9.47 Å². The van der Waals surface area contributed by atoms with E-state index in [9.17, 15) is 4.79 Å². The third-order valence-corrected chi connectivity index (χ3v) is 5.75. The molecule has 0 aromatic heterocycles. The van der Waals surface area contributed by atoms with Crippen LogP contribution in [-0.4, -0.2) is 44.2 Å². The number of nitrogens with zero attached hydrogens (tertiary/aromatic N) is 1. The number of ether oxygens (including phenoxy) is 2. The van der Waals surface area contributed by atoms with Crippen LogP contribution in [0.15, 0.2) is 48.5 Å². The lowest BCUT2D eigenvalue weighted by molar-refractivity contribution is 0.0724. The Morgan fingerprint density at radius 1 is 1.11 bits per heavy atom. The van der Waals surface area contributed by atoms with Crippen LogP contribution in [0.25, 0.3) is 0 Å². The highest BCUT2D eigenvalue weighted by atomic mass is 16.5. The summed E-state index contributed by atoms with van der Waals surface area (Å²) in [7, 11) is 1.74. The maximum absolute atomic E-state index is 12.8. The molecule has 1 unspecified atom stereocenters. The lowest BCUT2D eigenvalue weighted by Crippen LogP contribution is -2.36. The highest BCUT2D eigenvalue weighted by Crippen LogP contribution is 2.42.